The summed E-state index contributed by atoms with van der Waals surface area (Å²) < 4.78 is 19.4. The Kier molecular flexibility index (Phi) is 6.15. The molecule has 1 heterocycles. The van der Waals surface area contributed by atoms with Crippen LogP contribution in [0.3, 0.4) is 0 Å². The Balaban J connectivity index is 1.93. The van der Waals surface area contributed by atoms with Crippen LogP contribution in [0.1, 0.15) is 36.9 Å². The molecule has 1 aromatic carbocycles. The highest BCUT2D eigenvalue weighted by Crippen LogP contribution is 2.20. The minimum Gasteiger partial charge on any atom is -0.377 e. The summed E-state index contributed by atoms with van der Waals surface area (Å²) in [5, 5.41) is 3.31. The highest BCUT2D eigenvalue weighted by Gasteiger charge is 2.17. The first-order valence-corrected chi connectivity index (χ1v) is 7.87. The molecule has 2 unspecified atom stereocenters. The smallest absolute Gasteiger partial charge is 0.126 e. The summed E-state index contributed by atoms with van der Waals surface area (Å²) in [4.78, 5) is 2.45. The van der Waals surface area contributed by atoms with Gasteiger partial charge in [0.05, 0.1) is 6.10 Å². The molecule has 0 radical (unpaired) electrons. The SMILES string of the molecule is CNC(CCN1CCCOC(C)C1)c1ccc(C)c(F)c1. The van der Waals surface area contributed by atoms with Crippen molar-refractivity contribution in [2.24, 2.45) is 0 Å². The maximum Gasteiger partial charge on any atom is 0.126 e. The highest BCUT2D eigenvalue weighted by molar-refractivity contribution is 5.25. The second-order valence-corrected chi connectivity index (χ2v) is 5.97. The molecule has 1 saturated heterocycles. The van der Waals surface area contributed by atoms with Crippen LogP contribution in [-0.2, 0) is 4.74 Å². The molecule has 0 saturated carbocycles. The predicted octanol–water partition coefficient (Wildman–Crippen LogP) is 2.90. The van der Waals surface area contributed by atoms with Crippen molar-refractivity contribution in [2.75, 3.05) is 33.3 Å². The number of rotatable bonds is 5. The number of benzene rings is 1. The Morgan fingerprint density at radius 2 is 2.29 bits per heavy atom. The van der Waals surface area contributed by atoms with E-state index in [2.05, 4.69) is 17.1 Å². The van der Waals surface area contributed by atoms with E-state index in [1.54, 1.807) is 13.0 Å². The highest BCUT2D eigenvalue weighted by atomic mass is 19.1. The Bertz CT molecular complexity index is 452. The van der Waals surface area contributed by atoms with Crippen molar-refractivity contribution < 1.29 is 9.13 Å². The minimum atomic E-state index is -0.121. The average molecular weight is 294 g/mol. The maximum atomic E-state index is 13.7. The van der Waals surface area contributed by atoms with Crippen LogP contribution in [-0.4, -0.2) is 44.3 Å². The van der Waals surface area contributed by atoms with Gasteiger partial charge in [0.25, 0.3) is 0 Å². The van der Waals surface area contributed by atoms with Crippen molar-refractivity contribution in [3.8, 4) is 0 Å². The van der Waals surface area contributed by atoms with Gasteiger partial charge in [0.15, 0.2) is 0 Å². The molecule has 1 aliphatic heterocycles. The number of nitrogens with one attached hydrogen (secondary N) is 1. The van der Waals surface area contributed by atoms with E-state index in [0.717, 1.165) is 44.6 Å². The van der Waals surface area contributed by atoms with Gasteiger partial charge < -0.3 is 15.0 Å². The number of nitrogens with zero attached hydrogens (tertiary/aromatic N) is 1. The molecule has 0 aromatic heterocycles. The van der Waals surface area contributed by atoms with Crippen molar-refractivity contribution in [3.63, 3.8) is 0 Å². The van der Waals surface area contributed by atoms with Crippen molar-refractivity contribution in [2.45, 2.75) is 38.8 Å². The van der Waals surface area contributed by atoms with Gasteiger partial charge in [-0.15, -0.1) is 0 Å². The molecular weight excluding hydrogens is 267 g/mol. The summed E-state index contributed by atoms with van der Waals surface area (Å²) in [7, 11) is 1.94. The third-order valence-corrected chi connectivity index (χ3v) is 4.22. The van der Waals surface area contributed by atoms with E-state index in [-0.39, 0.29) is 11.9 Å². The summed E-state index contributed by atoms with van der Waals surface area (Å²) in [5.74, 6) is -0.121. The lowest BCUT2D eigenvalue weighted by Gasteiger charge is -2.25. The average Bonchev–Trinajstić information content (AvgIpc) is 2.67. The zero-order valence-corrected chi connectivity index (χ0v) is 13.4. The molecule has 0 spiro atoms. The largest absolute Gasteiger partial charge is 0.377 e. The van der Waals surface area contributed by atoms with Crippen LogP contribution in [0, 0.1) is 12.7 Å². The number of hydrogen-bond acceptors (Lipinski definition) is 3. The zero-order chi connectivity index (χ0) is 15.2. The Morgan fingerprint density at radius 3 is 3.00 bits per heavy atom. The third-order valence-electron chi connectivity index (χ3n) is 4.22. The topological polar surface area (TPSA) is 24.5 Å². The summed E-state index contributed by atoms with van der Waals surface area (Å²) in [6.45, 7) is 7.86. The molecule has 0 aliphatic carbocycles. The summed E-state index contributed by atoms with van der Waals surface area (Å²) in [6, 6.07) is 5.73. The molecule has 2 atom stereocenters. The minimum absolute atomic E-state index is 0.121. The van der Waals surface area contributed by atoms with E-state index in [1.165, 1.54) is 0 Å². The number of halogens is 1. The van der Waals surface area contributed by atoms with E-state index in [0.29, 0.717) is 11.7 Å². The molecule has 0 bridgehead atoms. The van der Waals surface area contributed by atoms with Gasteiger partial charge in [0.2, 0.25) is 0 Å². The molecule has 1 aromatic rings. The lowest BCUT2D eigenvalue weighted by molar-refractivity contribution is 0.0672. The van der Waals surface area contributed by atoms with E-state index >= 15 is 0 Å². The van der Waals surface area contributed by atoms with E-state index in [1.807, 2.05) is 19.2 Å². The van der Waals surface area contributed by atoms with Gasteiger partial charge in [-0.05, 0) is 50.9 Å². The van der Waals surface area contributed by atoms with Crippen LogP contribution in [0.5, 0.6) is 0 Å². The Morgan fingerprint density at radius 1 is 1.48 bits per heavy atom. The first kappa shape index (κ1) is 16.4. The van der Waals surface area contributed by atoms with Crippen molar-refractivity contribution >= 4 is 0 Å². The van der Waals surface area contributed by atoms with Gasteiger partial charge >= 0.3 is 0 Å². The molecule has 2 rings (SSSR count). The van der Waals surface area contributed by atoms with Gasteiger partial charge in [0.1, 0.15) is 5.82 Å². The molecule has 0 amide bonds. The van der Waals surface area contributed by atoms with Crippen LogP contribution in [0.25, 0.3) is 0 Å². The Labute approximate surface area is 127 Å². The molecule has 118 valence electrons. The lowest BCUT2D eigenvalue weighted by atomic mass is 10.0. The molecule has 3 nitrogen and oxygen atoms in total. The van der Waals surface area contributed by atoms with Crippen LogP contribution < -0.4 is 5.32 Å². The van der Waals surface area contributed by atoms with Crippen LogP contribution in [0.2, 0.25) is 0 Å². The fourth-order valence-corrected chi connectivity index (χ4v) is 2.90. The molecule has 1 aliphatic rings. The molecule has 1 N–H and O–H groups in total. The molecule has 4 heteroatoms. The van der Waals surface area contributed by atoms with Gasteiger partial charge in [-0.25, -0.2) is 4.39 Å². The monoisotopic (exact) mass is 294 g/mol. The van der Waals surface area contributed by atoms with Gasteiger partial charge in [-0.2, -0.15) is 0 Å². The van der Waals surface area contributed by atoms with E-state index < -0.39 is 0 Å². The van der Waals surface area contributed by atoms with Gasteiger partial charge in [-0.3, -0.25) is 0 Å². The van der Waals surface area contributed by atoms with E-state index in [4.69, 9.17) is 4.74 Å². The quantitative estimate of drug-likeness (QED) is 0.904. The number of aryl methyl sites for hydroxylation is 1. The summed E-state index contributed by atoms with van der Waals surface area (Å²) >= 11 is 0. The van der Waals surface area contributed by atoms with Crippen LogP contribution in [0.4, 0.5) is 4.39 Å². The molecule has 21 heavy (non-hydrogen) atoms. The van der Waals surface area contributed by atoms with Crippen LogP contribution >= 0.6 is 0 Å². The van der Waals surface area contributed by atoms with Crippen LogP contribution in [0.15, 0.2) is 18.2 Å². The maximum absolute atomic E-state index is 13.7. The van der Waals surface area contributed by atoms with E-state index in [9.17, 15) is 4.39 Å². The first-order chi connectivity index (χ1) is 10.1. The van der Waals surface area contributed by atoms with Crippen molar-refractivity contribution in [3.05, 3.63) is 35.1 Å². The fourth-order valence-electron chi connectivity index (χ4n) is 2.90. The fraction of sp³-hybridized carbons (Fsp3) is 0.647. The second kappa shape index (κ2) is 7.87. The first-order valence-electron chi connectivity index (χ1n) is 7.87. The van der Waals surface area contributed by atoms with Gasteiger partial charge in [-0.1, -0.05) is 12.1 Å². The number of hydrogen-bond donors (Lipinski definition) is 1. The van der Waals surface area contributed by atoms with Crippen molar-refractivity contribution in [1.82, 2.24) is 10.2 Å². The molecular formula is C17H27FN2O. The molecule has 1 fully saturated rings. The Hall–Kier alpha value is -0.970. The summed E-state index contributed by atoms with van der Waals surface area (Å²) in [6.07, 6.45) is 2.37. The third kappa shape index (κ3) is 4.77. The van der Waals surface area contributed by atoms with Crippen molar-refractivity contribution in [1.29, 1.82) is 0 Å². The van der Waals surface area contributed by atoms with Gasteiger partial charge in [0, 0.05) is 32.3 Å². The predicted molar refractivity (Wildman–Crippen MR) is 84.0 cm³/mol. The second-order valence-electron chi connectivity index (χ2n) is 5.97. The normalized spacial score (nSPS) is 22.0. The zero-order valence-electron chi connectivity index (χ0n) is 13.4. The lowest BCUT2D eigenvalue weighted by Crippen LogP contribution is -2.33. The standard InChI is InChI=1S/C17H27FN2O/c1-13-5-6-15(11-16(13)18)17(19-3)7-9-20-8-4-10-21-14(2)12-20/h5-6,11,14,17,19H,4,7-10,12H2,1-3H3. The summed E-state index contributed by atoms with van der Waals surface area (Å²) in [5.41, 5.74) is 1.73. The number of ether oxygens (including phenoxy) is 1.